The van der Waals surface area contributed by atoms with Gasteiger partial charge in [0.25, 0.3) is 0 Å². The van der Waals surface area contributed by atoms with Crippen molar-refractivity contribution in [3.63, 3.8) is 0 Å². The third kappa shape index (κ3) is 2.41. The lowest BCUT2D eigenvalue weighted by Gasteiger charge is -2.20. The van der Waals surface area contributed by atoms with Gasteiger partial charge in [-0.05, 0) is 54.7 Å². The van der Waals surface area contributed by atoms with E-state index in [0.717, 1.165) is 31.6 Å². The number of hydrogen-bond acceptors (Lipinski definition) is 3. The van der Waals surface area contributed by atoms with Crippen molar-refractivity contribution in [3.8, 4) is 0 Å². The fourth-order valence-corrected chi connectivity index (χ4v) is 2.69. The Morgan fingerprint density at radius 3 is 2.84 bits per heavy atom. The van der Waals surface area contributed by atoms with E-state index < -0.39 is 0 Å². The number of hydrogen-bond donors (Lipinski definition) is 1. The highest BCUT2D eigenvalue weighted by molar-refractivity contribution is 5.67. The van der Waals surface area contributed by atoms with Crippen molar-refractivity contribution < 1.29 is 0 Å². The molecule has 1 aromatic heterocycles. The topological polar surface area (TPSA) is 42.1 Å². The number of nitrogen functional groups attached to an aromatic ring is 1. The summed E-state index contributed by atoms with van der Waals surface area (Å²) in [6.07, 6.45) is 5.89. The lowest BCUT2D eigenvalue weighted by molar-refractivity contribution is 0.812. The van der Waals surface area contributed by atoms with Crippen molar-refractivity contribution >= 4 is 11.4 Å². The summed E-state index contributed by atoms with van der Waals surface area (Å²) in [4.78, 5) is 6.49. The average molecular weight is 253 g/mol. The summed E-state index contributed by atoms with van der Waals surface area (Å²) in [6.45, 7) is 4.22. The molecule has 3 nitrogen and oxygen atoms in total. The minimum Gasteiger partial charge on any atom is -0.398 e. The summed E-state index contributed by atoms with van der Waals surface area (Å²) in [5.41, 5.74) is 12.2. The predicted octanol–water partition coefficient (Wildman–Crippen LogP) is 2.58. The van der Waals surface area contributed by atoms with Crippen LogP contribution in [0.2, 0.25) is 0 Å². The Bertz CT molecular complexity index is 578. The van der Waals surface area contributed by atoms with E-state index in [0.29, 0.717) is 0 Å². The van der Waals surface area contributed by atoms with Crippen molar-refractivity contribution in [2.24, 2.45) is 0 Å². The molecule has 1 aliphatic rings. The highest BCUT2D eigenvalue weighted by Gasteiger charge is 2.19. The van der Waals surface area contributed by atoms with Crippen molar-refractivity contribution in [2.75, 3.05) is 23.7 Å². The van der Waals surface area contributed by atoms with Crippen LogP contribution in [0.1, 0.15) is 16.7 Å². The summed E-state index contributed by atoms with van der Waals surface area (Å²) in [5, 5.41) is 0. The summed E-state index contributed by atoms with van der Waals surface area (Å²) in [7, 11) is 0. The quantitative estimate of drug-likeness (QED) is 0.855. The molecule has 2 N–H and O–H groups in total. The van der Waals surface area contributed by atoms with Gasteiger partial charge in [-0.3, -0.25) is 4.98 Å². The standard InChI is InChI=1S/C16H19N3/c1-12-10-14-5-9-19(16(14)11-15(12)17)8-4-13-2-6-18-7-3-13/h2-3,6-7,10-11H,4-5,8-9,17H2,1H3. The second-order valence-electron chi connectivity index (χ2n) is 5.18. The van der Waals surface area contributed by atoms with E-state index in [-0.39, 0.29) is 0 Å². The molecule has 0 radical (unpaired) electrons. The van der Waals surface area contributed by atoms with Crippen molar-refractivity contribution in [3.05, 3.63) is 53.3 Å². The first-order valence-electron chi connectivity index (χ1n) is 6.77. The van der Waals surface area contributed by atoms with Crippen LogP contribution in [-0.2, 0) is 12.8 Å². The molecule has 3 heteroatoms. The largest absolute Gasteiger partial charge is 0.398 e. The van der Waals surface area contributed by atoms with E-state index in [2.05, 4.69) is 41.1 Å². The van der Waals surface area contributed by atoms with Crippen molar-refractivity contribution in [2.45, 2.75) is 19.8 Å². The summed E-state index contributed by atoms with van der Waals surface area (Å²) in [5.74, 6) is 0. The highest BCUT2D eigenvalue weighted by atomic mass is 15.1. The van der Waals surface area contributed by atoms with E-state index in [1.165, 1.54) is 22.4 Å². The van der Waals surface area contributed by atoms with Gasteiger partial charge in [-0.15, -0.1) is 0 Å². The fraction of sp³-hybridized carbons (Fsp3) is 0.312. The van der Waals surface area contributed by atoms with Gasteiger partial charge in [0.1, 0.15) is 0 Å². The maximum Gasteiger partial charge on any atom is 0.0420 e. The molecule has 19 heavy (non-hydrogen) atoms. The number of fused-ring (bicyclic) bond motifs is 1. The van der Waals surface area contributed by atoms with Gasteiger partial charge in [0.05, 0.1) is 0 Å². The normalized spacial score (nSPS) is 13.6. The minimum absolute atomic E-state index is 0.898. The van der Waals surface area contributed by atoms with E-state index in [9.17, 15) is 0 Å². The second-order valence-corrected chi connectivity index (χ2v) is 5.18. The van der Waals surface area contributed by atoms with E-state index >= 15 is 0 Å². The Kier molecular flexibility index (Phi) is 3.11. The first kappa shape index (κ1) is 12.0. The van der Waals surface area contributed by atoms with Crippen LogP contribution in [0.5, 0.6) is 0 Å². The zero-order chi connectivity index (χ0) is 13.2. The SMILES string of the molecule is Cc1cc2c(cc1N)N(CCc1ccncc1)CC2. The number of benzene rings is 1. The fourth-order valence-electron chi connectivity index (χ4n) is 2.69. The zero-order valence-corrected chi connectivity index (χ0v) is 11.3. The Morgan fingerprint density at radius 1 is 1.26 bits per heavy atom. The number of nitrogens with two attached hydrogens (primary N) is 1. The molecule has 0 spiro atoms. The van der Waals surface area contributed by atoms with Crippen LogP contribution in [0, 0.1) is 6.92 Å². The number of nitrogens with zero attached hydrogens (tertiary/aromatic N) is 2. The Morgan fingerprint density at radius 2 is 2.05 bits per heavy atom. The number of anilines is 2. The van der Waals surface area contributed by atoms with Gasteiger partial charge in [-0.25, -0.2) is 0 Å². The maximum absolute atomic E-state index is 6.03. The molecular weight excluding hydrogens is 234 g/mol. The number of aromatic nitrogens is 1. The molecule has 98 valence electrons. The molecule has 3 rings (SSSR count). The van der Waals surface area contributed by atoms with Crippen LogP contribution >= 0.6 is 0 Å². The van der Waals surface area contributed by atoms with E-state index in [1.54, 1.807) is 0 Å². The van der Waals surface area contributed by atoms with Crippen LogP contribution in [0.25, 0.3) is 0 Å². The predicted molar refractivity (Wildman–Crippen MR) is 79.4 cm³/mol. The molecule has 0 fully saturated rings. The Hall–Kier alpha value is -2.03. The number of rotatable bonds is 3. The molecule has 0 unspecified atom stereocenters. The van der Waals surface area contributed by atoms with Gasteiger partial charge in [0.15, 0.2) is 0 Å². The molecule has 0 saturated heterocycles. The van der Waals surface area contributed by atoms with Crippen molar-refractivity contribution in [1.29, 1.82) is 0 Å². The van der Waals surface area contributed by atoms with E-state index in [4.69, 9.17) is 5.73 Å². The molecule has 0 amide bonds. The molecule has 1 aromatic carbocycles. The second kappa shape index (κ2) is 4.92. The van der Waals surface area contributed by atoms with Crippen molar-refractivity contribution in [1.82, 2.24) is 4.98 Å². The van der Waals surface area contributed by atoms with Gasteiger partial charge in [0.2, 0.25) is 0 Å². The van der Waals surface area contributed by atoms with Gasteiger partial charge < -0.3 is 10.6 Å². The molecule has 0 bridgehead atoms. The van der Waals surface area contributed by atoms with Crippen LogP contribution in [-0.4, -0.2) is 18.1 Å². The molecule has 2 heterocycles. The highest BCUT2D eigenvalue weighted by Crippen LogP contribution is 2.31. The first-order chi connectivity index (χ1) is 9.24. The Labute approximate surface area is 114 Å². The molecule has 2 aromatic rings. The third-order valence-corrected chi connectivity index (χ3v) is 3.88. The summed E-state index contributed by atoms with van der Waals surface area (Å²) < 4.78 is 0. The number of aryl methyl sites for hydroxylation is 1. The smallest absolute Gasteiger partial charge is 0.0420 e. The molecule has 0 aliphatic carbocycles. The summed E-state index contributed by atoms with van der Waals surface area (Å²) >= 11 is 0. The van der Waals surface area contributed by atoms with Crippen LogP contribution in [0.3, 0.4) is 0 Å². The van der Waals surface area contributed by atoms with Crippen LogP contribution < -0.4 is 10.6 Å². The lowest BCUT2D eigenvalue weighted by atomic mass is 10.1. The molecule has 1 aliphatic heterocycles. The van der Waals surface area contributed by atoms with Crippen LogP contribution in [0.15, 0.2) is 36.7 Å². The van der Waals surface area contributed by atoms with Gasteiger partial charge in [-0.2, -0.15) is 0 Å². The van der Waals surface area contributed by atoms with E-state index in [1.807, 2.05) is 12.4 Å². The molecular formula is C16H19N3. The van der Waals surface area contributed by atoms with Gasteiger partial charge in [0, 0.05) is 36.9 Å². The van der Waals surface area contributed by atoms with Crippen LogP contribution in [0.4, 0.5) is 11.4 Å². The zero-order valence-electron chi connectivity index (χ0n) is 11.3. The van der Waals surface area contributed by atoms with Gasteiger partial charge >= 0.3 is 0 Å². The first-order valence-corrected chi connectivity index (χ1v) is 6.77. The third-order valence-electron chi connectivity index (χ3n) is 3.88. The maximum atomic E-state index is 6.03. The number of pyridine rings is 1. The molecule has 0 saturated carbocycles. The molecule has 0 atom stereocenters. The van der Waals surface area contributed by atoms with Gasteiger partial charge in [-0.1, -0.05) is 6.07 Å². The monoisotopic (exact) mass is 253 g/mol. The summed E-state index contributed by atoms with van der Waals surface area (Å²) in [6, 6.07) is 8.53. The lowest BCUT2D eigenvalue weighted by Crippen LogP contribution is -2.23. The Balaban J connectivity index is 1.74. The minimum atomic E-state index is 0.898. The average Bonchev–Trinajstić information content (AvgIpc) is 2.80.